The van der Waals surface area contributed by atoms with E-state index in [1.807, 2.05) is 0 Å². The lowest BCUT2D eigenvalue weighted by Crippen LogP contribution is -2.14. The Morgan fingerprint density at radius 2 is 2.10 bits per heavy atom. The van der Waals surface area contributed by atoms with Crippen LogP contribution >= 0.6 is 0 Å². The summed E-state index contributed by atoms with van der Waals surface area (Å²) in [4.78, 5) is 4.44. The van der Waals surface area contributed by atoms with Gasteiger partial charge in [0.15, 0.2) is 0 Å². The Morgan fingerprint density at radius 3 is 2.30 bits per heavy atom. The number of allylic oxidation sites excluding steroid dienone is 2. The van der Waals surface area contributed by atoms with Gasteiger partial charge in [-0.05, 0) is 13.3 Å². The SMILES string of the molecule is CCC1=CC(C)(C)C(C)=N1. The van der Waals surface area contributed by atoms with Crippen LogP contribution in [0.25, 0.3) is 0 Å². The van der Waals surface area contributed by atoms with E-state index >= 15 is 0 Å². The van der Waals surface area contributed by atoms with Crippen LogP contribution in [0.15, 0.2) is 16.8 Å². The highest BCUT2D eigenvalue weighted by molar-refractivity contribution is 5.92. The van der Waals surface area contributed by atoms with Crippen molar-refractivity contribution in [1.29, 1.82) is 0 Å². The van der Waals surface area contributed by atoms with Crippen LogP contribution in [-0.4, -0.2) is 5.71 Å². The Hall–Kier alpha value is -0.590. The molecule has 1 aliphatic heterocycles. The van der Waals surface area contributed by atoms with E-state index in [-0.39, 0.29) is 5.41 Å². The second-order valence-electron chi connectivity index (χ2n) is 3.41. The highest BCUT2D eigenvalue weighted by atomic mass is 14.8. The van der Waals surface area contributed by atoms with Crippen LogP contribution in [0.4, 0.5) is 0 Å². The number of hydrogen-bond donors (Lipinski definition) is 0. The molecule has 0 spiro atoms. The standard InChI is InChI=1S/C9H15N/c1-5-8-6-9(3,4)7(2)10-8/h6H,5H2,1-4H3. The number of rotatable bonds is 1. The molecule has 56 valence electrons. The van der Waals surface area contributed by atoms with Gasteiger partial charge in [0.1, 0.15) is 0 Å². The zero-order valence-corrected chi connectivity index (χ0v) is 7.23. The lowest BCUT2D eigenvalue weighted by atomic mass is 9.89. The van der Waals surface area contributed by atoms with Crippen LogP contribution < -0.4 is 0 Å². The van der Waals surface area contributed by atoms with Crippen molar-refractivity contribution in [2.45, 2.75) is 34.1 Å². The maximum Gasteiger partial charge on any atom is 0.0369 e. The van der Waals surface area contributed by atoms with E-state index in [0.29, 0.717) is 0 Å². The van der Waals surface area contributed by atoms with Gasteiger partial charge in [0.2, 0.25) is 0 Å². The van der Waals surface area contributed by atoms with Crippen LogP contribution in [0.1, 0.15) is 34.1 Å². The second kappa shape index (κ2) is 2.22. The van der Waals surface area contributed by atoms with Crippen LogP contribution in [0.3, 0.4) is 0 Å². The summed E-state index contributed by atoms with van der Waals surface area (Å²) >= 11 is 0. The summed E-state index contributed by atoms with van der Waals surface area (Å²) in [5.41, 5.74) is 2.69. The maximum atomic E-state index is 4.44. The van der Waals surface area contributed by atoms with Crippen LogP contribution in [-0.2, 0) is 0 Å². The molecular weight excluding hydrogens is 122 g/mol. The largest absolute Gasteiger partial charge is 0.262 e. The zero-order valence-electron chi connectivity index (χ0n) is 7.23. The first-order valence-electron chi connectivity index (χ1n) is 3.84. The predicted molar refractivity (Wildman–Crippen MR) is 45.3 cm³/mol. The van der Waals surface area contributed by atoms with Gasteiger partial charge in [-0.15, -0.1) is 0 Å². The molecule has 1 aliphatic rings. The fraction of sp³-hybridized carbons (Fsp3) is 0.667. The van der Waals surface area contributed by atoms with E-state index < -0.39 is 0 Å². The third-order valence-corrected chi connectivity index (χ3v) is 2.13. The van der Waals surface area contributed by atoms with E-state index in [9.17, 15) is 0 Å². The van der Waals surface area contributed by atoms with E-state index in [0.717, 1.165) is 6.42 Å². The first kappa shape index (κ1) is 7.52. The average molecular weight is 137 g/mol. The average Bonchev–Trinajstić information content (AvgIpc) is 2.08. The molecule has 0 radical (unpaired) electrons. The molecule has 0 aliphatic carbocycles. The highest BCUT2D eigenvalue weighted by Gasteiger charge is 2.23. The Bertz CT molecular complexity index is 197. The molecule has 0 fully saturated rings. The van der Waals surface area contributed by atoms with Crippen LogP contribution in [0.2, 0.25) is 0 Å². The van der Waals surface area contributed by atoms with Gasteiger partial charge in [0.05, 0.1) is 0 Å². The molecule has 1 heterocycles. The number of aliphatic imine (C=N–C) groups is 1. The molecule has 1 nitrogen and oxygen atoms in total. The van der Waals surface area contributed by atoms with Crippen molar-refractivity contribution >= 4 is 5.71 Å². The molecule has 0 aromatic rings. The van der Waals surface area contributed by atoms with Gasteiger partial charge in [0.25, 0.3) is 0 Å². The van der Waals surface area contributed by atoms with Crippen molar-refractivity contribution < 1.29 is 0 Å². The molecule has 0 saturated heterocycles. The fourth-order valence-corrected chi connectivity index (χ4v) is 1.09. The van der Waals surface area contributed by atoms with Crippen molar-refractivity contribution in [2.24, 2.45) is 10.4 Å². The first-order chi connectivity index (χ1) is 4.56. The Kier molecular flexibility index (Phi) is 1.67. The second-order valence-corrected chi connectivity index (χ2v) is 3.41. The third-order valence-electron chi connectivity index (χ3n) is 2.13. The fourth-order valence-electron chi connectivity index (χ4n) is 1.09. The molecule has 10 heavy (non-hydrogen) atoms. The van der Waals surface area contributed by atoms with Gasteiger partial charge in [-0.2, -0.15) is 0 Å². The highest BCUT2D eigenvalue weighted by Crippen LogP contribution is 2.29. The van der Waals surface area contributed by atoms with Crippen molar-refractivity contribution in [3.8, 4) is 0 Å². The monoisotopic (exact) mass is 137 g/mol. The van der Waals surface area contributed by atoms with Crippen LogP contribution in [0, 0.1) is 5.41 Å². The molecule has 0 unspecified atom stereocenters. The molecule has 0 aromatic carbocycles. The quantitative estimate of drug-likeness (QED) is 0.527. The third kappa shape index (κ3) is 1.13. The van der Waals surface area contributed by atoms with Gasteiger partial charge in [0, 0.05) is 16.8 Å². The molecule has 0 N–H and O–H groups in total. The number of nitrogens with zero attached hydrogens (tertiary/aromatic N) is 1. The minimum atomic E-state index is 0.214. The van der Waals surface area contributed by atoms with Crippen molar-refractivity contribution in [2.75, 3.05) is 0 Å². The summed E-state index contributed by atoms with van der Waals surface area (Å²) < 4.78 is 0. The van der Waals surface area contributed by atoms with E-state index in [1.165, 1.54) is 11.4 Å². The Morgan fingerprint density at radius 1 is 1.50 bits per heavy atom. The summed E-state index contributed by atoms with van der Waals surface area (Å²) in [5, 5.41) is 0. The predicted octanol–water partition coefficient (Wildman–Crippen LogP) is 2.78. The normalized spacial score (nSPS) is 22.4. The van der Waals surface area contributed by atoms with Gasteiger partial charge in [-0.25, -0.2) is 0 Å². The Labute approximate surface area is 62.9 Å². The lowest BCUT2D eigenvalue weighted by Gasteiger charge is -2.13. The van der Waals surface area contributed by atoms with Gasteiger partial charge >= 0.3 is 0 Å². The molecule has 0 bridgehead atoms. The topological polar surface area (TPSA) is 12.4 Å². The summed E-state index contributed by atoms with van der Waals surface area (Å²) in [5.74, 6) is 0. The molecular formula is C9H15N. The number of hydrogen-bond acceptors (Lipinski definition) is 1. The minimum absolute atomic E-state index is 0.214. The summed E-state index contributed by atoms with van der Waals surface area (Å²) in [7, 11) is 0. The minimum Gasteiger partial charge on any atom is -0.262 e. The molecule has 0 aromatic heterocycles. The van der Waals surface area contributed by atoms with Crippen molar-refractivity contribution in [3.63, 3.8) is 0 Å². The van der Waals surface area contributed by atoms with E-state index in [1.54, 1.807) is 0 Å². The van der Waals surface area contributed by atoms with E-state index in [2.05, 4.69) is 38.8 Å². The molecule has 0 atom stereocenters. The van der Waals surface area contributed by atoms with Crippen molar-refractivity contribution in [1.82, 2.24) is 0 Å². The molecule has 1 rings (SSSR count). The Balaban J connectivity index is 2.88. The molecule has 1 heteroatoms. The first-order valence-corrected chi connectivity index (χ1v) is 3.84. The maximum absolute atomic E-state index is 4.44. The lowest BCUT2D eigenvalue weighted by molar-refractivity contribution is 0.682. The van der Waals surface area contributed by atoms with Gasteiger partial charge < -0.3 is 0 Å². The zero-order chi connectivity index (χ0) is 7.78. The van der Waals surface area contributed by atoms with Crippen molar-refractivity contribution in [3.05, 3.63) is 11.8 Å². The molecule has 0 saturated carbocycles. The van der Waals surface area contributed by atoms with Crippen LogP contribution in [0.5, 0.6) is 0 Å². The summed E-state index contributed by atoms with van der Waals surface area (Å²) in [6.07, 6.45) is 3.31. The smallest absolute Gasteiger partial charge is 0.0369 e. The molecule has 0 amide bonds. The summed E-state index contributed by atoms with van der Waals surface area (Å²) in [6.45, 7) is 8.64. The van der Waals surface area contributed by atoms with Gasteiger partial charge in [-0.3, -0.25) is 4.99 Å². The van der Waals surface area contributed by atoms with E-state index in [4.69, 9.17) is 0 Å². The van der Waals surface area contributed by atoms with Gasteiger partial charge in [-0.1, -0.05) is 26.8 Å². The summed E-state index contributed by atoms with van der Waals surface area (Å²) in [6, 6.07) is 0.